The Labute approximate surface area is 194 Å². The molecule has 0 radical (unpaired) electrons. The van der Waals surface area contributed by atoms with E-state index in [4.69, 9.17) is 4.42 Å². The Balaban J connectivity index is 1.54. The quantitative estimate of drug-likeness (QED) is 0.456. The van der Waals surface area contributed by atoms with E-state index in [1.807, 2.05) is 19.2 Å². The summed E-state index contributed by atoms with van der Waals surface area (Å²) < 4.78 is 33.1. The molecular weight excluding hydrogens is 446 g/mol. The second-order valence-electron chi connectivity index (χ2n) is 8.65. The number of nitro groups is 1. The van der Waals surface area contributed by atoms with Crippen LogP contribution in [0.5, 0.6) is 0 Å². The van der Waals surface area contributed by atoms with Gasteiger partial charge in [0.2, 0.25) is 10.0 Å². The molecule has 1 atom stereocenters. The lowest BCUT2D eigenvalue weighted by atomic mass is 10.1. The fourth-order valence-electron chi connectivity index (χ4n) is 4.48. The molecule has 2 fully saturated rings. The zero-order valence-corrected chi connectivity index (χ0v) is 19.7. The number of likely N-dealkylation sites (tertiary alicyclic amines) is 1. The fourth-order valence-corrected chi connectivity index (χ4v) is 5.92. The third-order valence-corrected chi connectivity index (χ3v) is 8.35. The number of hydrogen-bond donors (Lipinski definition) is 1. The average Bonchev–Trinajstić information content (AvgIpc) is 3.35. The molecule has 0 amide bonds. The van der Waals surface area contributed by atoms with Crippen LogP contribution in [0.25, 0.3) is 0 Å². The van der Waals surface area contributed by atoms with Gasteiger partial charge in [-0.2, -0.15) is 4.31 Å². The molecule has 0 bridgehead atoms. The van der Waals surface area contributed by atoms with Crippen LogP contribution >= 0.6 is 0 Å². The Morgan fingerprint density at radius 1 is 1.09 bits per heavy atom. The Hall–Kier alpha value is -2.47. The van der Waals surface area contributed by atoms with Crippen molar-refractivity contribution in [3.05, 3.63) is 52.5 Å². The Bertz CT molecular complexity index is 1050. The van der Waals surface area contributed by atoms with Crippen molar-refractivity contribution in [2.45, 2.75) is 30.2 Å². The minimum absolute atomic E-state index is 0.0529. The first-order valence-corrected chi connectivity index (χ1v) is 12.8. The van der Waals surface area contributed by atoms with Gasteiger partial charge in [-0.1, -0.05) is 6.42 Å². The van der Waals surface area contributed by atoms with Crippen LogP contribution in [-0.4, -0.2) is 80.3 Å². The summed E-state index contributed by atoms with van der Waals surface area (Å²) in [4.78, 5) is 15.6. The van der Waals surface area contributed by atoms with Gasteiger partial charge < -0.3 is 14.6 Å². The average molecular weight is 478 g/mol. The van der Waals surface area contributed by atoms with Crippen molar-refractivity contribution in [2.24, 2.45) is 0 Å². The third-order valence-electron chi connectivity index (χ3n) is 6.45. The molecule has 2 aliphatic rings. The van der Waals surface area contributed by atoms with Crippen molar-refractivity contribution in [1.82, 2.24) is 14.1 Å². The maximum Gasteiger partial charge on any atom is 0.293 e. The van der Waals surface area contributed by atoms with E-state index in [0.717, 1.165) is 31.7 Å². The van der Waals surface area contributed by atoms with E-state index in [2.05, 4.69) is 15.1 Å². The van der Waals surface area contributed by atoms with E-state index < -0.39 is 14.9 Å². The maximum atomic E-state index is 13.1. The van der Waals surface area contributed by atoms with Crippen molar-refractivity contribution in [2.75, 3.05) is 58.2 Å². The first-order chi connectivity index (χ1) is 15.9. The van der Waals surface area contributed by atoms with Gasteiger partial charge in [0, 0.05) is 38.8 Å². The summed E-state index contributed by atoms with van der Waals surface area (Å²) >= 11 is 0. The first-order valence-electron chi connectivity index (χ1n) is 11.3. The van der Waals surface area contributed by atoms with E-state index in [1.165, 1.54) is 28.9 Å². The molecular formula is C22H31N5O5S. The molecule has 10 nitrogen and oxygen atoms in total. The second-order valence-corrected chi connectivity index (χ2v) is 10.6. The van der Waals surface area contributed by atoms with E-state index in [0.29, 0.717) is 38.4 Å². The number of hydrogen-bond acceptors (Lipinski definition) is 8. The van der Waals surface area contributed by atoms with Crippen LogP contribution in [0.3, 0.4) is 0 Å². The Morgan fingerprint density at radius 2 is 1.82 bits per heavy atom. The maximum absolute atomic E-state index is 13.1. The summed E-state index contributed by atoms with van der Waals surface area (Å²) in [7, 11) is -1.85. The minimum atomic E-state index is -3.79. The minimum Gasteiger partial charge on any atom is -0.468 e. The number of benzene rings is 1. The molecule has 0 spiro atoms. The molecule has 4 rings (SSSR count). The van der Waals surface area contributed by atoms with E-state index in [9.17, 15) is 18.5 Å². The van der Waals surface area contributed by atoms with Crippen molar-refractivity contribution in [1.29, 1.82) is 0 Å². The fraction of sp³-hybridized carbons (Fsp3) is 0.545. The number of piperazine rings is 1. The highest BCUT2D eigenvalue weighted by Crippen LogP contribution is 2.31. The molecule has 1 N–H and O–H groups in total. The van der Waals surface area contributed by atoms with Gasteiger partial charge in [0.05, 0.1) is 22.1 Å². The van der Waals surface area contributed by atoms with Crippen molar-refractivity contribution >= 4 is 21.4 Å². The predicted octanol–water partition coefficient (Wildman–Crippen LogP) is 2.76. The smallest absolute Gasteiger partial charge is 0.293 e. The molecule has 3 heterocycles. The number of anilines is 1. The van der Waals surface area contributed by atoms with Crippen molar-refractivity contribution in [3.63, 3.8) is 0 Å². The van der Waals surface area contributed by atoms with Crippen LogP contribution in [0, 0.1) is 10.1 Å². The first kappa shape index (κ1) is 23.7. The summed E-state index contributed by atoms with van der Waals surface area (Å²) in [5.74, 6) is 0.807. The van der Waals surface area contributed by atoms with Crippen LogP contribution in [0.4, 0.5) is 11.4 Å². The molecule has 33 heavy (non-hydrogen) atoms. The lowest BCUT2D eigenvalue weighted by Crippen LogP contribution is -2.47. The van der Waals surface area contributed by atoms with E-state index in [1.54, 1.807) is 6.26 Å². The van der Waals surface area contributed by atoms with Crippen LogP contribution in [0.15, 0.2) is 45.9 Å². The van der Waals surface area contributed by atoms with Crippen LogP contribution in [0.2, 0.25) is 0 Å². The number of piperidine rings is 1. The third kappa shape index (κ3) is 5.37. The monoisotopic (exact) mass is 477 g/mol. The molecule has 2 saturated heterocycles. The number of nitrogens with one attached hydrogen (secondary N) is 1. The van der Waals surface area contributed by atoms with Gasteiger partial charge in [-0.15, -0.1) is 0 Å². The highest BCUT2D eigenvalue weighted by molar-refractivity contribution is 7.89. The summed E-state index contributed by atoms with van der Waals surface area (Å²) in [6.45, 7) is 4.30. The van der Waals surface area contributed by atoms with E-state index in [-0.39, 0.29) is 16.6 Å². The van der Waals surface area contributed by atoms with Crippen LogP contribution in [-0.2, 0) is 10.0 Å². The molecule has 2 aromatic rings. The zero-order chi connectivity index (χ0) is 23.4. The highest BCUT2D eigenvalue weighted by atomic mass is 32.2. The molecule has 0 saturated carbocycles. The van der Waals surface area contributed by atoms with Gasteiger partial charge in [-0.25, -0.2) is 8.42 Å². The predicted molar refractivity (Wildman–Crippen MR) is 125 cm³/mol. The zero-order valence-electron chi connectivity index (χ0n) is 18.9. The van der Waals surface area contributed by atoms with Gasteiger partial charge in [0.15, 0.2) is 0 Å². The lowest BCUT2D eigenvalue weighted by molar-refractivity contribution is -0.384. The highest BCUT2D eigenvalue weighted by Gasteiger charge is 2.30. The normalized spacial score (nSPS) is 19.9. The summed E-state index contributed by atoms with van der Waals surface area (Å²) in [5.41, 5.74) is 0.0490. The number of rotatable bonds is 8. The molecule has 0 aliphatic carbocycles. The van der Waals surface area contributed by atoms with Gasteiger partial charge in [0.25, 0.3) is 5.69 Å². The lowest BCUT2D eigenvalue weighted by Gasteiger charge is -2.33. The van der Waals surface area contributed by atoms with Crippen molar-refractivity contribution in [3.8, 4) is 0 Å². The molecule has 2 aliphatic heterocycles. The Kier molecular flexibility index (Phi) is 7.32. The SMILES string of the molecule is CN1CCN(S(=O)(=O)c2ccc(NCC(c3ccco3)N3CCCCC3)c([N+](=O)[O-])c2)CC1. The van der Waals surface area contributed by atoms with E-state index >= 15 is 0 Å². The number of furan rings is 1. The number of likely N-dealkylation sites (N-methyl/N-ethyl adjacent to an activating group) is 1. The van der Waals surface area contributed by atoms with Crippen LogP contribution < -0.4 is 5.32 Å². The molecule has 1 aromatic carbocycles. The number of nitrogens with zero attached hydrogens (tertiary/aromatic N) is 4. The summed E-state index contributed by atoms with van der Waals surface area (Å²) in [6.07, 6.45) is 5.04. The molecule has 1 unspecified atom stereocenters. The standard InChI is InChI=1S/C22H31N5O5S/c1-24-11-13-26(14-12-24)33(30,31)18-7-8-19(20(16-18)27(28)29)23-17-21(22-6-5-15-32-22)25-9-3-2-4-10-25/h5-8,15-16,21,23H,2-4,9-14,17H2,1H3. The largest absolute Gasteiger partial charge is 0.468 e. The molecule has 1 aromatic heterocycles. The summed E-state index contributed by atoms with van der Waals surface area (Å²) in [5, 5.41) is 15.0. The summed E-state index contributed by atoms with van der Waals surface area (Å²) in [6, 6.07) is 7.81. The Morgan fingerprint density at radius 3 is 2.45 bits per heavy atom. The van der Waals surface area contributed by atoms with Gasteiger partial charge >= 0.3 is 0 Å². The molecule has 11 heteroatoms. The van der Waals surface area contributed by atoms with Crippen LogP contribution in [0.1, 0.15) is 31.1 Å². The molecule has 180 valence electrons. The number of sulfonamides is 1. The van der Waals surface area contributed by atoms with Gasteiger partial charge in [-0.3, -0.25) is 15.0 Å². The topological polar surface area (TPSA) is 112 Å². The number of nitro benzene ring substituents is 1. The van der Waals surface area contributed by atoms with Gasteiger partial charge in [0.1, 0.15) is 11.4 Å². The van der Waals surface area contributed by atoms with Gasteiger partial charge in [-0.05, 0) is 57.2 Å². The second kappa shape index (κ2) is 10.2. The van der Waals surface area contributed by atoms with Crippen molar-refractivity contribution < 1.29 is 17.8 Å².